The van der Waals surface area contributed by atoms with E-state index in [1.165, 1.54) is 0 Å². The molecule has 0 aliphatic carbocycles. The van der Waals surface area contributed by atoms with Crippen molar-refractivity contribution in [2.45, 2.75) is 52.5 Å². The highest BCUT2D eigenvalue weighted by molar-refractivity contribution is 5.04. The molecule has 90 valence electrons. The Balaban J connectivity index is 2.30. The molecule has 2 rings (SSSR count). The molecule has 0 aromatic carbocycles. The number of hydrogen-bond donors (Lipinski definition) is 1. The molecule has 0 radical (unpaired) electrons. The number of nitrogens with zero attached hydrogens (tertiary/aromatic N) is 3. The van der Waals surface area contributed by atoms with E-state index in [4.69, 9.17) is 0 Å². The van der Waals surface area contributed by atoms with Crippen LogP contribution in [0.25, 0.3) is 0 Å². The molecule has 4 heteroatoms. The first-order valence-electron chi connectivity index (χ1n) is 6.05. The third-order valence-electron chi connectivity index (χ3n) is 3.04. The predicted molar refractivity (Wildman–Crippen MR) is 62.2 cm³/mol. The summed E-state index contributed by atoms with van der Waals surface area (Å²) in [5.74, 6) is 2.07. The van der Waals surface area contributed by atoms with E-state index in [-0.39, 0.29) is 18.1 Å². The molecule has 1 aliphatic rings. The van der Waals surface area contributed by atoms with Gasteiger partial charge in [0.1, 0.15) is 11.6 Å². The van der Waals surface area contributed by atoms with Crippen molar-refractivity contribution in [3.63, 3.8) is 0 Å². The Bertz CT molecular complexity index is 365. The average Bonchev–Trinajstić information content (AvgIpc) is 2.59. The van der Waals surface area contributed by atoms with Crippen LogP contribution in [0.5, 0.6) is 0 Å². The average molecular weight is 223 g/mol. The molecule has 4 nitrogen and oxygen atoms in total. The van der Waals surface area contributed by atoms with Gasteiger partial charge < -0.3 is 9.67 Å². The van der Waals surface area contributed by atoms with Crippen molar-refractivity contribution in [1.82, 2.24) is 14.8 Å². The highest BCUT2D eigenvalue weighted by Crippen LogP contribution is 2.28. The summed E-state index contributed by atoms with van der Waals surface area (Å²) < 4.78 is 2.16. The summed E-state index contributed by atoms with van der Waals surface area (Å²) in [4.78, 5) is 0. The molecule has 1 N–H and O–H groups in total. The molecule has 1 aromatic heterocycles. The van der Waals surface area contributed by atoms with E-state index in [0.29, 0.717) is 0 Å². The highest BCUT2D eigenvalue weighted by Gasteiger charge is 2.26. The zero-order valence-corrected chi connectivity index (χ0v) is 10.4. The van der Waals surface area contributed by atoms with E-state index in [1.54, 1.807) is 0 Å². The molecule has 0 fully saturated rings. The molecular formula is C12H21N3O. The van der Waals surface area contributed by atoms with Gasteiger partial charge in [0.15, 0.2) is 0 Å². The van der Waals surface area contributed by atoms with Gasteiger partial charge in [-0.05, 0) is 18.3 Å². The lowest BCUT2D eigenvalue weighted by atomic mass is 9.91. The van der Waals surface area contributed by atoms with Crippen molar-refractivity contribution in [3.05, 3.63) is 11.6 Å². The number of aliphatic hydroxyl groups excluding tert-OH is 1. The zero-order chi connectivity index (χ0) is 11.8. The monoisotopic (exact) mass is 223 g/mol. The molecule has 16 heavy (non-hydrogen) atoms. The second-order valence-corrected chi connectivity index (χ2v) is 5.87. The summed E-state index contributed by atoms with van der Waals surface area (Å²) in [7, 11) is 0. The summed E-state index contributed by atoms with van der Waals surface area (Å²) in [5, 5.41) is 17.9. The first kappa shape index (κ1) is 11.6. The van der Waals surface area contributed by atoms with E-state index in [2.05, 4.69) is 35.5 Å². The molecule has 1 unspecified atom stereocenters. The van der Waals surface area contributed by atoms with Gasteiger partial charge in [-0.3, -0.25) is 0 Å². The smallest absolute Gasteiger partial charge is 0.133 e. The minimum absolute atomic E-state index is 0.191. The third-order valence-corrected chi connectivity index (χ3v) is 3.04. The zero-order valence-electron chi connectivity index (χ0n) is 10.4. The summed E-state index contributed by atoms with van der Waals surface area (Å²) in [6.45, 7) is 6.80. The fraction of sp³-hybridized carbons (Fsp3) is 0.833. The number of aryl methyl sites for hydroxylation is 1. The van der Waals surface area contributed by atoms with Crippen LogP contribution in [-0.2, 0) is 12.8 Å². The van der Waals surface area contributed by atoms with Crippen molar-refractivity contribution in [2.24, 2.45) is 5.41 Å². The molecular weight excluding hydrogens is 202 g/mol. The lowest BCUT2D eigenvalue weighted by molar-refractivity contribution is 0.201. The Labute approximate surface area is 96.7 Å². The van der Waals surface area contributed by atoms with Crippen LogP contribution in [0.3, 0.4) is 0 Å². The minimum atomic E-state index is 0.191. The molecule has 1 aliphatic heterocycles. The number of aliphatic hydroxyl groups is 1. The first-order valence-corrected chi connectivity index (χ1v) is 6.05. The van der Waals surface area contributed by atoms with Crippen molar-refractivity contribution in [2.75, 3.05) is 6.61 Å². The van der Waals surface area contributed by atoms with Gasteiger partial charge in [-0.1, -0.05) is 20.8 Å². The van der Waals surface area contributed by atoms with Gasteiger partial charge in [-0.2, -0.15) is 0 Å². The molecule has 0 saturated heterocycles. The van der Waals surface area contributed by atoms with Gasteiger partial charge >= 0.3 is 0 Å². The number of rotatable bonds is 2. The Morgan fingerprint density at radius 3 is 2.75 bits per heavy atom. The molecule has 2 heterocycles. The third kappa shape index (κ3) is 2.26. The standard InChI is InChI=1S/C12H21N3O/c1-12(2,3)7-11-14-13-10-6-4-5-9(8-16)15(10)11/h9,16H,4-8H2,1-3H3. The summed E-state index contributed by atoms with van der Waals surface area (Å²) in [5.41, 5.74) is 0.210. The predicted octanol–water partition coefficient (Wildman–Crippen LogP) is 1.74. The molecule has 1 atom stereocenters. The summed E-state index contributed by atoms with van der Waals surface area (Å²) >= 11 is 0. The van der Waals surface area contributed by atoms with Crippen LogP contribution in [0.4, 0.5) is 0 Å². The van der Waals surface area contributed by atoms with E-state index >= 15 is 0 Å². The van der Waals surface area contributed by atoms with Crippen LogP contribution >= 0.6 is 0 Å². The van der Waals surface area contributed by atoms with Crippen LogP contribution in [-0.4, -0.2) is 26.5 Å². The van der Waals surface area contributed by atoms with Crippen LogP contribution < -0.4 is 0 Å². The van der Waals surface area contributed by atoms with Crippen molar-refractivity contribution < 1.29 is 5.11 Å². The molecule has 0 bridgehead atoms. The van der Waals surface area contributed by atoms with E-state index in [9.17, 15) is 5.11 Å². The Hall–Kier alpha value is -0.900. The molecule has 0 amide bonds. The van der Waals surface area contributed by atoms with Crippen molar-refractivity contribution >= 4 is 0 Å². The maximum absolute atomic E-state index is 9.40. The van der Waals surface area contributed by atoms with Crippen LogP contribution in [0.2, 0.25) is 0 Å². The quantitative estimate of drug-likeness (QED) is 0.830. The second kappa shape index (κ2) is 4.17. The van der Waals surface area contributed by atoms with E-state index in [1.807, 2.05) is 0 Å². The van der Waals surface area contributed by atoms with Gasteiger partial charge in [-0.25, -0.2) is 0 Å². The van der Waals surface area contributed by atoms with Gasteiger partial charge in [0.25, 0.3) is 0 Å². The Kier molecular flexibility index (Phi) is 3.02. The number of aromatic nitrogens is 3. The SMILES string of the molecule is CC(C)(C)Cc1nnc2n1C(CO)CCC2. The molecule has 0 saturated carbocycles. The topological polar surface area (TPSA) is 50.9 Å². The van der Waals surface area contributed by atoms with Gasteiger partial charge in [0, 0.05) is 12.8 Å². The Morgan fingerprint density at radius 2 is 2.12 bits per heavy atom. The highest BCUT2D eigenvalue weighted by atomic mass is 16.3. The van der Waals surface area contributed by atoms with Gasteiger partial charge in [-0.15, -0.1) is 10.2 Å². The van der Waals surface area contributed by atoms with Crippen molar-refractivity contribution in [3.8, 4) is 0 Å². The number of hydrogen-bond acceptors (Lipinski definition) is 3. The number of fused-ring (bicyclic) bond motifs is 1. The second-order valence-electron chi connectivity index (χ2n) is 5.87. The maximum atomic E-state index is 9.40. The minimum Gasteiger partial charge on any atom is -0.394 e. The van der Waals surface area contributed by atoms with Crippen LogP contribution in [0.1, 0.15) is 51.3 Å². The largest absolute Gasteiger partial charge is 0.394 e. The van der Waals surface area contributed by atoms with E-state index < -0.39 is 0 Å². The lowest BCUT2D eigenvalue weighted by Gasteiger charge is -2.26. The summed E-state index contributed by atoms with van der Waals surface area (Å²) in [6, 6.07) is 0.191. The fourth-order valence-corrected chi connectivity index (χ4v) is 2.35. The van der Waals surface area contributed by atoms with E-state index in [0.717, 1.165) is 37.3 Å². The maximum Gasteiger partial charge on any atom is 0.133 e. The summed E-state index contributed by atoms with van der Waals surface area (Å²) in [6.07, 6.45) is 4.06. The normalized spacial score (nSPS) is 20.9. The van der Waals surface area contributed by atoms with Crippen LogP contribution in [0.15, 0.2) is 0 Å². The van der Waals surface area contributed by atoms with Crippen molar-refractivity contribution in [1.29, 1.82) is 0 Å². The lowest BCUT2D eigenvalue weighted by Crippen LogP contribution is -2.24. The molecule has 1 aromatic rings. The fourth-order valence-electron chi connectivity index (χ4n) is 2.35. The first-order chi connectivity index (χ1) is 7.51. The molecule has 0 spiro atoms. The van der Waals surface area contributed by atoms with Gasteiger partial charge in [0.2, 0.25) is 0 Å². The van der Waals surface area contributed by atoms with Crippen LogP contribution in [0, 0.1) is 5.41 Å². The Morgan fingerprint density at radius 1 is 1.38 bits per heavy atom. The van der Waals surface area contributed by atoms with Gasteiger partial charge in [0.05, 0.1) is 12.6 Å².